The first kappa shape index (κ1) is 18.3. The van der Waals surface area contributed by atoms with Crippen molar-refractivity contribution in [1.29, 1.82) is 0 Å². The molecule has 0 bridgehead atoms. The van der Waals surface area contributed by atoms with Gasteiger partial charge in [-0.2, -0.15) is 0 Å². The highest BCUT2D eigenvalue weighted by Crippen LogP contribution is 2.27. The van der Waals surface area contributed by atoms with Crippen LogP contribution in [0.2, 0.25) is 0 Å². The normalized spacial score (nSPS) is 16.6. The molecule has 2 aromatic rings. The van der Waals surface area contributed by atoms with Crippen LogP contribution in [0, 0.1) is 11.7 Å². The third-order valence-corrected chi connectivity index (χ3v) is 4.64. The third kappa shape index (κ3) is 4.16. The summed E-state index contributed by atoms with van der Waals surface area (Å²) in [5.41, 5.74) is 0.967. The number of amides is 1. The van der Waals surface area contributed by atoms with Crippen LogP contribution in [0.4, 0.5) is 10.1 Å². The molecule has 0 saturated carbocycles. The smallest absolute Gasteiger partial charge is 0.311 e. The van der Waals surface area contributed by atoms with Crippen LogP contribution in [-0.4, -0.2) is 30.8 Å². The second-order valence-electron chi connectivity index (χ2n) is 5.92. The predicted octanol–water partition coefficient (Wildman–Crippen LogP) is 3.37. The van der Waals surface area contributed by atoms with Gasteiger partial charge < -0.3 is 9.64 Å². The largest absolute Gasteiger partial charge is 0.457 e. The SMILES string of the molecule is O=C(COC(=O)[C@H]1CC(=O)N(c2ccc(Br)cc2)C1)c1ccc(F)cc1. The highest BCUT2D eigenvalue weighted by molar-refractivity contribution is 9.10. The van der Waals surface area contributed by atoms with E-state index in [1.165, 1.54) is 29.2 Å². The van der Waals surface area contributed by atoms with Crippen LogP contribution in [0.5, 0.6) is 0 Å². The van der Waals surface area contributed by atoms with Gasteiger partial charge in [0.15, 0.2) is 12.4 Å². The maximum atomic E-state index is 12.9. The Kier molecular flexibility index (Phi) is 5.46. The second kappa shape index (κ2) is 7.78. The van der Waals surface area contributed by atoms with Crippen molar-refractivity contribution >= 4 is 39.3 Å². The van der Waals surface area contributed by atoms with Gasteiger partial charge in [0.05, 0.1) is 5.92 Å². The minimum Gasteiger partial charge on any atom is -0.457 e. The summed E-state index contributed by atoms with van der Waals surface area (Å²) >= 11 is 3.33. The van der Waals surface area contributed by atoms with Gasteiger partial charge in [0.2, 0.25) is 5.91 Å². The molecule has 0 aromatic heterocycles. The van der Waals surface area contributed by atoms with E-state index in [1.54, 1.807) is 12.1 Å². The van der Waals surface area contributed by atoms with Gasteiger partial charge in [-0.25, -0.2) is 4.39 Å². The van der Waals surface area contributed by atoms with Crippen molar-refractivity contribution in [3.05, 3.63) is 64.4 Å². The van der Waals surface area contributed by atoms with Gasteiger partial charge in [-0.3, -0.25) is 14.4 Å². The monoisotopic (exact) mass is 419 g/mol. The summed E-state index contributed by atoms with van der Waals surface area (Å²) in [5.74, 6) is -2.25. The molecule has 1 amide bonds. The first-order valence-corrected chi connectivity index (χ1v) is 8.74. The Balaban J connectivity index is 1.57. The van der Waals surface area contributed by atoms with E-state index < -0.39 is 30.1 Å². The maximum absolute atomic E-state index is 12.9. The van der Waals surface area contributed by atoms with Gasteiger partial charge in [-0.05, 0) is 48.5 Å². The van der Waals surface area contributed by atoms with Crippen LogP contribution in [-0.2, 0) is 14.3 Å². The van der Waals surface area contributed by atoms with Crippen molar-refractivity contribution in [1.82, 2.24) is 0 Å². The number of ketones is 1. The number of hydrogen-bond donors (Lipinski definition) is 0. The number of hydrogen-bond acceptors (Lipinski definition) is 4. The molecule has 7 heteroatoms. The lowest BCUT2D eigenvalue weighted by atomic mass is 10.1. The summed E-state index contributed by atoms with van der Waals surface area (Å²) in [4.78, 5) is 37.9. The molecule has 1 atom stereocenters. The average molecular weight is 420 g/mol. The Hall–Kier alpha value is -2.54. The Morgan fingerprint density at radius 1 is 1.12 bits per heavy atom. The average Bonchev–Trinajstić information content (AvgIpc) is 3.02. The number of benzene rings is 2. The number of esters is 1. The van der Waals surface area contributed by atoms with Crippen LogP contribution < -0.4 is 4.90 Å². The van der Waals surface area contributed by atoms with Crippen LogP contribution in [0.15, 0.2) is 53.0 Å². The van der Waals surface area contributed by atoms with Crippen molar-refractivity contribution in [2.75, 3.05) is 18.1 Å². The molecule has 0 unspecified atom stereocenters. The number of anilines is 1. The predicted molar refractivity (Wildman–Crippen MR) is 96.3 cm³/mol. The van der Waals surface area contributed by atoms with Gasteiger partial charge in [0, 0.05) is 28.7 Å². The summed E-state index contributed by atoms with van der Waals surface area (Å²) in [6.45, 7) is -0.225. The molecular weight excluding hydrogens is 405 g/mol. The van der Waals surface area contributed by atoms with Crippen LogP contribution >= 0.6 is 15.9 Å². The molecule has 5 nitrogen and oxygen atoms in total. The summed E-state index contributed by atoms with van der Waals surface area (Å²) in [5, 5.41) is 0. The minimum absolute atomic E-state index is 0.0413. The summed E-state index contributed by atoms with van der Waals surface area (Å²) < 4.78 is 18.8. The zero-order chi connectivity index (χ0) is 18.7. The Labute approximate surface area is 157 Å². The fourth-order valence-electron chi connectivity index (χ4n) is 2.71. The standard InChI is InChI=1S/C19H15BrFNO4/c20-14-3-7-16(8-4-14)22-10-13(9-18(22)24)19(25)26-11-17(23)12-1-5-15(21)6-2-12/h1-8,13H,9-11H2/t13-/m0/s1. The highest BCUT2D eigenvalue weighted by Gasteiger charge is 2.36. The van der Waals surface area contributed by atoms with E-state index in [-0.39, 0.29) is 24.4 Å². The zero-order valence-corrected chi connectivity index (χ0v) is 15.2. The minimum atomic E-state index is -0.618. The number of nitrogens with zero attached hydrogens (tertiary/aromatic N) is 1. The maximum Gasteiger partial charge on any atom is 0.311 e. The number of rotatable bonds is 5. The lowest BCUT2D eigenvalue weighted by Crippen LogP contribution is -2.27. The first-order valence-electron chi connectivity index (χ1n) is 7.95. The number of ether oxygens (including phenoxy) is 1. The van der Waals surface area contributed by atoms with Crippen LogP contribution in [0.3, 0.4) is 0 Å². The van der Waals surface area contributed by atoms with E-state index in [0.29, 0.717) is 5.69 Å². The number of halogens is 2. The lowest BCUT2D eigenvalue weighted by molar-refractivity contribution is -0.147. The van der Waals surface area contributed by atoms with E-state index in [2.05, 4.69) is 15.9 Å². The van der Waals surface area contributed by atoms with E-state index in [0.717, 1.165) is 4.47 Å². The fourth-order valence-corrected chi connectivity index (χ4v) is 2.97. The molecule has 1 heterocycles. The summed E-state index contributed by atoms with van der Waals surface area (Å²) in [7, 11) is 0. The van der Waals surface area contributed by atoms with Crippen LogP contribution in [0.1, 0.15) is 16.8 Å². The van der Waals surface area contributed by atoms with Gasteiger partial charge in [0.25, 0.3) is 0 Å². The molecule has 26 heavy (non-hydrogen) atoms. The molecule has 1 aliphatic heterocycles. The van der Waals surface area contributed by atoms with Gasteiger partial charge in [0.1, 0.15) is 5.82 Å². The zero-order valence-electron chi connectivity index (χ0n) is 13.7. The van der Waals surface area contributed by atoms with Gasteiger partial charge in [-0.15, -0.1) is 0 Å². The second-order valence-corrected chi connectivity index (χ2v) is 6.84. The summed E-state index contributed by atoms with van der Waals surface area (Å²) in [6, 6.07) is 12.2. The number of carbonyl (C=O) groups is 3. The quantitative estimate of drug-likeness (QED) is 0.550. The van der Waals surface area contributed by atoms with Crippen molar-refractivity contribution < 1.29 is 23.5 Å². The molecule has 3 rings (SSSR count). The Morgan fingerprint density at radius 3 is 2.42 bits per heavy atom. The Morgan fingerprint density at radius 2 is 1.77 bits per heavy atom. The fraction of sp³-hybridized carbons (Fsp3) is 0.211. The van der Waals surface area contributed by atoms with Gasteiger partial charge >= 0.3 is 5.97 Å². The van der Waals surface area contributed by atoms with E-state index in [9.17, 15) is 18.8 Å². The molecule has 2 aromatic carbocycles. The summed E-state index contributed by atoms with van der Waals surface area (Å²) in [6.07, 6.45) is 0.0413. The van der Waals surface area contributed by atoms with Crippen molar-refractivity contribution in [2.45, 2.75) is 6.42 Å². The molecule has 0 spiro atoms. The van der Waals surface area contributed by atoms with Crippen molar-refractivity contribution in [2.24, 2.45) is 5.92 Å². The van der Waals surface area contributed by atoms with E-state index >= 15 is 0 Å². The topological polar surface area (TPSA) is 63.7 Å². The van der Waals surface area contributed by atoms with Crippen molar-refractivity contribution in [3.8, 4) is 0 Å². The highest BCUT2D eigenvalue weighted by atomic mass is 79.9. The molecule has 1 saturated heterocycles. The molecule has 1 fully saturated rings. The molecule has 0 aliphatic carbocycles. The van der Waals surface area contributed by atoms with Crippen LogP contribution in [0.25, 0.3) is 0 Å². The van der Waals surface area contributed by atoms with E-state index in [1.807, 2.05) is 12.1 Å². The number of Topliss-reactive ketones (excluding diaryl/α,β-unsaturated/α-hetero) is 1. The molecule has 0 N–H and O–H groups in total. The number of carbonyl (C=O) groups excluding carboxylic acids is 3. The first-order chi connectivity index (χ1) is 12.4. The molecule has 134 valence electrons. The Bertz CT molecular complexity index is 836. The third-order valence-electron chi connectivity index (χ3n) is 4.11. The molecule has 0 radical (unpaired) electrons. The lowest BCUT2D eigenvalue weighted by Gasteiger charge is -2.16. The molecular formula is C19H15BrFNO4. The molecule has 1 aliphatic rings. The van der Waals surface area contributed by atoms with Crippen molar-refractivity contribution in [3.63, 3.8) is 0 Å². The van der Waals surface area contributed by atoms with Gasteiger partial charge in [-0.1, -0.05) is 15.9 Å². The van der Waals surface area contributed by atoms with E-state index in [4.69, 9.17) is 4.74 Å².